The van der Waals surface area contributed by atoms with Crippen LogP contribution in [0.3, 0.4) is 0 Å². The van der Waals surface area contributed by atoms with Gasteiger partial charge in [-0.3, -0.25) is 10.1 Å². The zero-order valence-electron chi connectivity index (χ0n) is 18.0. The first-order valence-corrected chi connectivity index (χ1v) is 11.4. The fourth-order valence-corrected chi connectivity index (χ4v) is 4.10. The molecule has 3 aromatic rings. The number of carbonyl (C=O) groups excluding carboxylic acids is 1. The van der Waals surface area contributed by atoms with Crippen LogP contribution in [0.2, 0.25) is 0 Å². The Bertz CT molecular complexity index is 948. The normalized spacial score (nSPS) is 10.9. The number of aryl methyl sites for hydroxylation is 1. The molecular weight excluding hydrogens is 392 g/mol. The lowest BCUT2D eigenvalue weighted by Crippen LogP contribution is -2.20. The van der Waals surface area contributed by atoms with Crippen LogP contribution < -0.4 is 10.1 Å². The van der Waals surface area contributed by atoms with Crippen molar-refractivity contribution in [3.8, 4) is 5.75 Å². The molecule has 1 amide bonds. The summed E-state index contributed by atoms with van der Waals surface area (Å²) in [5.41, 5.74) is 3.74. The number of hydrogen-bond acceptors (Lipinski definition) is 4. The van der Waals surface area contributed by atoms with Gasteiger partial charge >= 0.3 is 0 Å². The maximum Gasteiger partial charge on any atom is 0.264 e. The van der Waals surface area contributed by atoms with Gasteiger partial charge in [0.15, 0.2) is 11.7 Å². The summed E-state index contributed by atoms with van der Waals surface area (Å²) >= 11 is 1.51. The summed E-state index contributed by atoms with van der Waals surface area (Å²) in [5.74, 6) is 0.895. The fraction of sp³-hybridized carbons (Fsp3) is 0.360. The number of benzene rings is 2. The number of aromatic nitrogens is 1. The van der Waals surface area contributed by atoms with Crippen LogP contribution in [0.1, 0.15) is 61.1 Å². The molecule has 0 aliphatic rings. The summed E-state index contributed by atoms with van der Waals surface area (Å²) < 4.78 is 5.74. The molecule has 0 aliphatic carbocycles. The average molecular weight is 423 g/mol. The first-order valence-electron chi connectivity index (χ1n) is 10.6. The van der Waals surface area contributed by atoms with Gasteiger partial charge in [0.05, 0.1) is 0 Å². The number of unbranched alkanes of at least 4 members (excludes halogenated alkanes) is 1. The average Bonchev–Trinajstić information content (AvgIpc) is 3.18. The Kier molecular flexibility index (Phi) is 8.03. The first kappa shape index (κ1) is 22.0. The molecule has 0 atom stereocenters. The number of anilines is 1. The predicted molar refractivity (Wildman–Crippen MR) is 125 cm³/mol. The number of rotatable bonds is 10. The van der Waals surface area contributed by atoms with E-state index >= 15 is 0 Å². The van der Waals surface area contributed by atoms with Gasteiger partial charge in [0.25, 0.3) is 5.91 Å². The van der Waals surface area contributed by atoms with Crippen molar-refractivity contribution in [3.63, 3.8) is 0 Å². The summed E-state index contributed by atoms with van der Waals surface area (Å²) in [6, 6.07) is 16.6. The Labute approximate surface area is 183 Å². The highest BCUT2D eigenvalue weighted by Gasteiger charge is 2.11. The molecule has 0 radical (unpaired) electrons. The van der Waals surface area contributed by atoms with E-state index < -0.39 is 0 Å². The summed E-state index contributed by atoms with van der Waals surface area (Å²) in [6.07, 6.45) is 6.23. The predicted octanol–water partition coefficient (Wildman–Crippen LogP) is 6.22. The van der Waals surface area contributed by atoms with Crippen LogP contribution in [0.25, 0.3) is 0 Å². The van der Waals surface area contributed by atoms with Crippen molar-refractivity contribution < 1.29 is 9.53 Å². The molecule has 30 heavy (non-hydrogen) atoms. The van der Waals surface area contributed by atoms with Crippen molar-refractivity contribution >= 4 is 22.4 Å². The van der Waals surface area contributed by atoms with E-state index in [4.69, 9.17) is 4.74 Å². The van der Waals surface area contributed by atoms with Gasteiger partial charge in [-0.2, -0.15) is 0 Å². The van der Waals surface area contributed by atoms with Gasteiger partial charge in [-0.1, -0.05) is 69.7 Å². The summed E-state index contributed by atoms with van der Waals surface area (Å²) in [6.45, 7) is 6.40. The third-order valence-corrected chi connectivity index (χ3v) is 5.83. The van der Waals surface area contributed by atoms with E-state index in [-0.39, 0.29) is 12.5 Å². The molecule has 1 N–H and O–H groups in total. The van der Waals surface area contributed by atoms with E-state index in [1.165, 1.54) is 35.3 Å². The SMILES string of the molecule is CCCCc1ccc(Cc2cnc(NC(=O)COc3ccccc3C(C)C)s2)cc1. The zero-order chi connectivity index (χ0) is 21.3. The van der Waals surface area contributed by atoms with Crippen LogP contribution in [-0.4, -0.2) is 17.5 Å². The summed E-state index contributed by atoms with van der Waals surface area (Å²) in [4.78, 5) is 17.8. The van der Waals surface area contributed by atoms with Crippen LogP contribution in [0.4, 0.5) is 5.13 Å². The number of ether oxygens (including phenoxy) is 1. The molecule has 3 rings (SSSR count). The van der Waals surface area contributed by atoms with Gasteiger partial charge in [0.1, 0.15) is 5.75 Å². The number of nitrogens with zero attached hydrogens (tertiary/aromatic N) is 1. The summed E-state index contributed by atoms with van der Waals surface area (Å²) in [7, 11) is 0. The number of nitrogens with one attached hydrogen (secondary N) is 1. The Morgan fingerprint density at radius 2 is 1.83 bits per heavy atom. The topological polar surface area (TPSA) is 51.2 Å². The second kappa shape index (κ2) is 10.9. The van der Waals surface area contributed by atoms with Gasteiger partial charge in [-0.25, -0.2) is 4.98 Å². The third kappa shape index (κ3) is 6.42. The van der Waals surface area contributed by atoms with Gasteiger partial charge in [0.2, 0.25) is 0 Å². The Balaban J connectivity index is 1.51. The third-order valence-electron chi connectivity index (χ3n) is 4.92. The van der Waals surface area contributed by atoms with E-state index in [0.29, 0.717) is 11.0 Å². The molecule has 0 saturated heterocycles. The van der Waals surface area contributed by atoms with Crippen LogP contribution in [0, 0.1) is 0 Å². The molecule has 0 unspecified atom stereocenters. The smallest absolute Gasteiger partial charge is 0.264 e. The summed E-state index contributed by atoms with van der Waals surface area (Å²) in [5, 5.41) is 3.45. The number of thiazole rings is 1. The van der Waals surface area contributed by atoms with Crippen molar-refractivity contribution in [1.82, 2.24) is 4.98 Å². The van der Waals surface area contributed by atoms with Gasteiger partial charge in [0, 0.05) is 17.5 Å². The lowest BCUT2D eigenvalue weighted by molar-refractivity contribution is -0.118. The number of amides is 1. The number of carbonyl (C=O) groups is 1. The molecule has 0 saturated carbocycles. The molecular formula is C25H30N2O2S. The number of para-hydroxylation sites is 1. The van der Waals surface area contributed by atoms with E-state index in [0.717, 1.165) is 29.0 Å². The Morgan fingerprint density at radius 3 is 2.57 bits per heavy atom. The number of hydrogen-bond donors (Lipinski definition) is 1. The highest BCUT2D eigenvalue weighted by atomic mass is 32.1. The largest absolute Gasteiger partial charge is 0.483 e. The molecule has 2 aromatic carbocycles. The maximum atomic E-state index is 12.3. The quantitative estimate of drug-likeness (QED) is 0.422. The highest BCUT2D eigenvalue weighted by molar-refractivity contribution is 7.15. The molecule has 1 heterocycles. The minimum absolute atomic E-state index is 0.0299. The molecule has 4 nitrogen and oxygen atoms in total. The molecule has 0 fully saturated rings. The van der Waals surface area contributed by atoms with Gasteiger partial charge < -0.3 is 4.74 Å². The van der Waals surface area contributed by atoms with E-state index in [2.05, 4.69) is 55.3 Å². The van der Waals surface area contributed by atoms with Crippen molar-refractivity contribution in [2.45, 2.75) is 52.4 Å². The minimum atomic E-state index is -0.199. The standard InChI is InChI=1S/C25H30N2O2S/c1-4-5-8-19-11-13-20(14-12-19)15-21-16-26-25(30-21)27-24(28)17-29-23-10-7-6-9-22(23)18(2)3/h6-7,9-14,16,18H,4-5,8,15,17H2,1-3H3,(H,26,27,28). The second-order valence-corrected chi connectivity index (χ2v) is 8.87. The van der Waals surface area contributed by atoms with E-state index in [9.17, 15) is 4.79 Å². The van der Waals surface area contributed by atoms with Crippen molar-refractivity contribution in [3.05, 3.63) is 76.3 Å². The van der Waals surface area contributed by atoms with E-state index in [1.807, 2.05) is 30.5 Å². The zero-order valence-corrected chi connectivity index (χ0v) is 18.8. The maximum absolute atomic E-state index is 12.3. The van der Waals surface area contributed by atoms with Crippen molar-refractivity contribution in [1.29, 1.82) is 0 Å². The minimum Gasteiger partial charge on any atom is -0.483 e. The fourth-order valence-electron chi connectivity index (χ4n) is 3.24. The van der Waals surface area contributed by atoms with Crippen LogP contribution in [0.5, 0.6) is 5.75 Å². The second-order valence-electron chi connectivity index (χ2n) is 7.76. The molecule has 158 valence electrons. The Morgan fingerprint density at radius 1 is 1.10 bits per heavy atom. The van der Waals surface area contributed by atoms with Crippen LogP contribution in [0.15, 0.2) is 54.7 Å². The van der Waals surface area contributed by atoms with Crippen molar-refractivity contribution in [2.24, 2.45) is 0 Å². The molecule has 1 aromatic heterocycles. The monoisotopic (exact) mass is 422 g/mol. The molecule has 0 spiro atoms. The molecule has 0 bridgehead atoms. The molecule has 0 aliphatic heterocycles. The lowest BCUT2D eigenvalue weighted by Gasteiger charge is -2.13. The Hall–Kier alpha value is -2.66. The van der Waals surface area contributed by atoms with Crippen molar-refractivity contribution in [2.75, 3.05) is 11.9 Å². The van der Waals surface area contributed by atoms with Gasteiger partial charge in [-0.15, -0.1) is 11.3 Å². The first-order chi connectivity index (χ1) is 14.5. The van der Waals surface area contributed by atoms with E-state index in [1.54, 1.807) is 0 Å². The molecule has 5 heteroatoms. The van der Waals surface area contributed by atoms with Gasteiger partial charge in [-0.05, 0) is 41.5 Å². The van der Waals surface area contributed by atoms with Crippen LogP contribution in [-0.2, 0) is 17.6 Å². The lowest BCUT2D eigenvalue weighted by atomic mass is 10.0. The van der Waals surface area contributed by atoms with Crippen LogP contribution >= 0.6 is 11.3 Å². The highest BCUT2D eigenvalue weighted by Crippen LogP contribution is 2.26.